The summed E-state index contributed by atoms with van der Waals surface area (Å²) >= 11 is 6.24. The zero-order chi connectivity index (χ0) is 26.9. The van der Waals surface area contributed by atoms with Crippen molar-refractivity contribution in [3.05, 3.63) is 142 Å². The van der Waals surface area contributed by atoms with Crippen LogP contribution in [-0.2, 0) is 17.6 Å². The van der Waals surface area contributed by atoms with Crippen LogP contribution in [0, 0.1) is 0 Å². The second-order valence-corrected chi connectivity index (χ2v) is 10.7. The first kappa shape index (κ1) is 25.4. The van der Waals surface area contributed by atoms with Crippen molar-refractivity contribution >= 4 is 23.4 Å². The van der Waals surface area contributed by atoms with Gasteiger partial charge in [0.2, 0.25) is 5.91 Å². The molecule has 2 aliphatic rings. The normalized spacial score (nSPS) is 21.8. The number of carbonyl (C=O) groups excluding carboxylic acids is 2. The maximum Gasteiger partial charge on any atom is 0.255 e. The van der Waals surface area contributed by atoms with Crippen molar-refractivity contribution in [2.75, 3.05) is 6.54 Å². The molecule has 0 fully saturated rings. The Morgan fingerprint density at radius 3 is 2.28 bits per heavy atom. The number of halogens is 1. The van der Waals surface area contributed by atoms with E-state index in [1.165, 1.54) is 0 Å². The van der Waals surface area contributed by atoms with Crippen LogP contribution >= 0.6 is 11.6 Å². The number of aliphatic hydroxyl groups excluding tert-OH is 1. The van der Waals surface area contributed by atoms with Gasteiger partial charge < -0.3 is 15.3 Å². The molecule has 2 amide bonds. The minimum absolute atomic E-state index is 0.156. The average Bonchev–Trinajstić information content (AvgIpc) is 3.29. The van der Waals surface area contributed by atoms with E-state index < -0.39 is 24.1 Å². The van der Waals surface area contributed by atoms with Gasteiger partial charge in [-0.1, -0.05) is 96.5 Å². The number of fused-ring (bicyclic) bond motifs is 2. The summed E-state index contributed by atoms with van der Waals surface area (Å²) < 4.78 is 0. The van der Waals surface area contributed by atoms with Crippen molar-refractivity contribution in [3.8, 4) is 0 Å². The molecule has 2 N–H and O–H groups in total. The Kier molecular flexibility index (Phi) is 6.94. The van der Waals surface area contributed by atoms with Crippen LogP contribution in [0.15, 0.2) is 103 Å². The van der Waals surface area contributed by atoms with E-state index in [9.17, 15) is 14.7 Å². The molecule has 0 bridgehead atoms. The monoisotopic (exact) mass is 536 g/mol. The Bertz CT molecular complexity index is 1510. The summed E-state index contributed by atoms with van der Waals surface area (Å²) in [4.78, 5) is 30.0. The summed E-state index contributed by atoms with van der Waals surface area (Å²) in [6.45, 7) is 0.470. The van der Waals surface area contributed by atoms with Crippen molar-refractivity contribution in [3.63, 3.8) is 0 Å². The second-order valence-electron chi connectivity index (χ2n) is 10.2. The zero-order valence-corrected chi connectivity index (χ0v) is 22.1. The lowest BCUT2D eigenvalue weighted by Crippen LogP contribution is -2.50. The van der Waals surface area contributed by atoms with Gasteiger partial charge in [0.25, 0.3) is 5.91 Å². The molecule has 0 radical (unpaired) electrons. The van der Waals surface area contributed by atoms with Crippen molar-refractivity contribution < 1.29 is 14.7 Å². The molecule has 196 valence electrons. The number of rotatable bonds is 6. The van der Waals surface area contributed by atoms with E-state index >= 15 is 0 Å². The highest BCUT2D eigenvalue weighted by molar-refractivity contribution is 6.30. The summed E-state index contributed by atoms with van der Waals surface area (Å²) in [7, 11) is 0. The van der Waals surface area contributed by atoms with Gasteiger partial charge in [-0.2, -0.15) is 0 Å². The summed E-state index contributed by atoms with van der Waals surface area (Å²) in [5, 5.41) is 15.0. The number of aliphatic hydroxyl groups is 1. The lowest BCUT2D eigenvalue weighted by atomic mass is 9.78. The van der Waals surface area contributed by atoms with Gasteiger partial charge >= 0.3 is 0 Å². The fourth-order valence-electron chi connectivity index (χ4n) is 6.13. The summed E-state index contributed by atoms with van der Waals surface area (Å²) in [6.07, 6.45) is 0.366. The van der Waals surface area contributed by atoms with Gasteiger partial charge in [-0.15, -0.1) is 0 Å². The van der Waals surface area contributed by atoms with Crippen molar-refractivity contribution in [2.24, 2.45) is 0 Å². The molecule has 0 spiro atoms. The number of hydrogen-bond acceptors (Lipinski definition) is 3. The van der Waals surface area contributed by atoms with Gasteiger partial charge in [0.05, 0.1) is 24.1 Å². The Hall–Kier alpha value is -3.93. The molecule has 2 unspecified atom stereocenters. The molecular weight excluding hydrogens is 508 g/mol. The first-order valence-corrected chi connectivity index (χ1v) is 13.7. The van der Waals surface area contributed by atoms with Crippen molar-refractivity contribution in [2.45, 2.75) is 36.9 Å². The molecule has 6 heteroatoms. The van der Waals surface area contributed by atoms with Crippen LogP contribution in [-0.4, -0.2) is 34.5 Å². The zero-order valence-electron chi connectivity index (χ0n) is 21.3. The van der Waals surface area contributed by atoms with E-state index in [1.807, 2.05) is 84.9 Å². The highest BCUT2D eigenvalue weighted by Crippen LogP contribution is 2.49. The largest absolute Gasteiger partial charge is 0.390 e. The van der Waals surface area contributed by atoms with Gasteiger partial charge in [0.1, 0.15) is 0 Å². The SMILES string of the molecule is O=C(NCCc1ccccc1)C1c2ccccc2C(=O)N([C@@H]2c3ccccc3C[C@@H]2O)C1c1ccc(Cl)cc1. The Balaban J connectivity index is 1.44. The van der Waals surface area contributed by atoms with Gasteiger partial charge in [0, 0.05) is 23.6 Å². The van der Waals surface area contributed by atoms with E-state index in [-0.39, 0.29) is 11.8 Å². The average molecular weight is 537 g/mol. The van der Waals surface area contributed by atoms with Gasteiger partial charge in [0.15, 0.2) is 0 Å². The van der Waals surface area contributed by atoms with E-state index in [0.29, 0.717) is 35.5 Å². The maximum absolute atomic E-state index is 14.2. The minimum atomic E-state index is -0.784. The van der Waals surface area contributed by atoms with Gasteiger partial charge in [-0.05, 0) is 52.4 Å². The molecule has 6 rings (SSSR count). The van der Waals surface area contributed by atoms with Crippen molar-refractivity contribution in [1.29, 1.82) is 0 Å². The van der Waals surface area contributed by atoms with Crippen LogP contribution in [0.5, 0.6) is 0 Å². The van der Waals surface area contributed by atoms with Crippen LogP contribution < -0.4 is 5.32 Å². The highest BCUT2D eigenvalue weighted by atomic mass is 35.5. The molecule has 1 heterocycles. The van der Waals surface area contributed by atoms with Crippen molar-refractivity contribution in [1.82, 2.24) is 10.2 Å². The summed E-state index contributed by atoms with van der Waals surface area (Å²) in [5.74, 6) is -1.02. The molecular formula is C33H29ClN2O3. The third kappa shape index (κ3) is 4.73. The molecule has 1 aliphatic heterocycles. The number of nitrogens with one attached hydrogen (secondary N) is 1. The molecule has 0 saturated carbocycles. The van der Waals surface area contributed by atoms with E-state index in [4.69, 9.17) is 11.6 Å². The minimum Gasteiger partial charge on any atom is -0.390 e. The summed E-state index contributed by atoms with van der Waals surface area (Å²) in [5.41, 5.74) is 5.04. The number of carbonyl (C=O) groups is 2. The standard InChI is InChI=1S/C33H29ClN2O3/c34-24-16-14-22(15-17-24)30-29(32(38)35-19-18-21-8-2-1-3-9-21)26-12-6-7-13-27(26)33(39)36(30)31-25-11-5-4-10-23(25)20-28(31)37/h1-17,28-31,37H,18-20H2,(H,35,38)/t28-,29?,30?,31+/m0/s1. The lowest BCUT2D eigenvalue weighted by Gasteiger charge is -2.45. The Morgan fingerprint density at radius 1 is 0.846 bits per heavy atom. The molecule has 5 nitrogen and oxygen atoms in total. The number of hydrogen-bond donors (Lipinski definition) is 2. The molecule has 4 atom stereocenters. The van der Waals surface area contributed by atoms with E-state index in [1.54, 1.807) is 23.1 Å². The maximum atomic E-state index is 14.2. The molecule has 1 aliphatic carbocycles. The van der Waals surface area contributed by atoms with Crippen LogP contribution in [0.3, 0.4) is 0 Å². The van der Waals surface area contributed by atoms with Crippen LogP contribution in [0.2, 0.25) is 5.02 Å². The fraction of sp³-hybridized carbons (Fsp3) is 0.212. The number of benzene rings is 4. The second kappa shape index (κ2) is 10.7. The summed E-state index contributed by atoms with van der Waals surface area (Å²) in [6, 6.07) is 31.3. The third-order valence-electron chi connectivity index (χ3n) is 7.89. The smallest absolute Gasteiger partial charge is 0.255 e. The molecule has 39 heavy (non-hydrogen) atoms. The van der Waals surface area contributed by atoms with Crippen LogP contribution in [0.25, 0.3) is 0 Å². The first-order chi connectivity index (χ1) is 19.0. The lowest BCUT2D eigenvalue weighted by molar-refractivity contribution is -0.124. The Morgan fingerprint density at radius 2 is 1.51 bits per heavy atom. The number of nitrogens with zero attached hydrogens (tertiary/aromatic N) is 1. The molecule has 0 aromatic heterocycles. The van der Waals surface area contributed by atoms with Gasteiger partial charge in [-0.3, -0.25) is 9.59 Å². The van der Waals surface area contributed by atoms with E-state index in [2.05, 4.69) is 5.32 Å². The topological polar surface area (TPSA) is 69.6 Å². The molecule has 4 aromatic rings. The predicted molar refractivity (Wildman–Crippen MR) is 152 cm³/mol. The van der Waals surface area contributed by atoms with Crippen LogP contribution in [0.1, 0.15) is 56.2 Å². The van der Waals surface area contributed by atoms with Crippen LogP contribution in [0.4, 0.5) is 0 Å². The highest BCUT2D eigenvalue weighted by Gasteiger charge is 2.50. The fourth-order valence-corrected chi connectivity index (χ4v) is 6.25. The Labute approximate surface area is 233 Å². The number of amides is 2. The first-order valence-electron chi connectivity index (χ1n) is 13.3. The van der Waals surface area contributed by atoms with E-state index in [0.717, 1.165) is 22.3 Å². The molecule has 0 saturated heterocycles. The quantitative estimate of drug-likeness (QED) is 0.335. The predicted octanol–water partition coefficient (Wildman–Crippen LogP) is 5.64. The van der Waals surface area contributed by atoms with Gasteiger partial charge in [-0.25, -0.2) is 0 Å². The third-order valence-corrected chi connectivity index (χ3v) is 8.14. The molecule has 4 aromatic carbocycles.